The van der Waals surface area contributed by atoms with Crippen LogP contribution in [-0.2, 0) is 9.53 Å². The van der Waals surface area contributed by atoms with Gasteiger partial charge in [0.2, 0.25) is 0 Å². The third kappa shape index (κ3) is 32.6. The minimum atomic E-state index is -1.41. The molecule has 0 aliphatic rings. The van der Waals surface area contributed by atoms with Crippen molar-refractivity contribution in [1.82, 2.24) is 0 Å². The number of hydrogen-bond acceptors (Lipinski definition) is 4. The number of esters is 1. The summed E-state index contributed by atoms with van der Waals surface area (Å²) in [4.78, 5) is 12.1. The standard InChI is InChI=1S/C39H78O4/c1-3-5-7-9-11-13-15-17-19-21-23-25-27-29-31-33-35-37(40)38(41)39(42)43-36-34-32-30-28-26-24-22-20-18-16-14-12-10-8-6-4-2/h37-38,40-41H,3-36H2,1-2H3. The molecule has 0 spiro atoms. The Morgan fingerprint density at radius 2 is 0.674 bits per heavy atom. The van der Waals surface area contributed by atoms with E-state index in [9.17, 15) is 15.0 Å². The van der Waals surface area contributed by atoms with E-state index in [1.165, 1.54) is 180 Å². The monoisotopic (exact) mass is 611 g/mol. The van der Waals surface area contributed by atoms with Crippen molar-refractivity contribution in [1.29, 1.82) is 0 Å². The Kier molecular flexibility index (Phi) is 35.4. The first-order chi connectivity index (χ1) is 21.1. The molecule has 0 aromatic heterocycles. The lowest BCUT2D eigenvalue weighted by molar-refractivity contribution is -0.160. The van der Waals surface area contributed by atoms with Crippen LogP contribution in [0.2, 0.25) is 0 Å². The van der Waals surface area contributed by atoms with Gasteiger partial charge in [0.05, 0.1) is 12.7 Å². The second-order valence-electron chi connectivity index (χ2n) is 13.6. The first-order valence-electron chi connectivity index (χ1n) is 19.7. The minimum absolute atomic E-state index is 0.347. The van der Waals surface area contributed by atoms with Crippen LogP contribution in [0.25, 0.3) is 0 Å². The normalized spacial score (nSPS) is 12.9. The van der Waals surface area contributed by atoms with E-state index >= 15 is 0 Å². The van der Waals surface area contributed by atoms with Crippen molar-refractivity contribution in [2.45, 2.75) is 238 Å². The van der Waals surface area contributed by atoms with Gasteiger partial charge in [0.1, 0.15) is 0 Å². The molecule has 2 atom stereocenters. The zero-order valence-electron chi connectivity index (χ0n) is 29.4. The van der Waals surface area contributed by atoms with Crippen molar-refractivity contribution >= 4 is 5.97 Å². The van der Waals surface area contributed by atoms with Gasteiger partial charge in [0.15, 0.2) is 6.10 Å². The molecule has 0 aromatic carbocycles. The van der Waals surface area contributed by atoms with Crippen molar-refractivity contribution in [3.63, 3.8) is 0 Å². The average molecular weight is 611 g/mol. The van der Waals surface area contributed by atoms with E-state index in [2.05, 4.69) is 13.8 Å². The van der Waals surface area contributed by atoms with Crippen LogP contribution in [0, 0.1) is 0 Å². The molecule has 0 saturated carbocycles. The molecule has 0 saturated heterocycles. The second-order valence-corrected chi connectivity index (χ2v) is 13.6. The van der Waals surface area contributed by atoms with E-state index in [0.717, 1.165) is 25.7 Å². The molecule has 0 amide bonds. The molecule has 2 unspecified atom stereocenters. The molecular formula is C39H78O4. The Morgan fingerprint density at radius 1 is 0.419 bits per heavy atom. The number of aliphatic hydroxyl groups excluding tert-OH is 2. The number of unbranched alkanes of at least 4 members (excludes halogenated alkanes) is 30. The third-order valence-corrected chi connectivity index (χ3v) is 9.20. The predicted molar refractivity (Wildman–Crippen MR) is 187 cm³/mol. The largest absolute Gasteiger partial charge is 0.464 e. The number of rotatable bonds is 36. The third-order valence-electron chi connectivity index (χ3n) is 9.20. The van der Waals surface area contributed by atoms with Gasteiger partial charge in [-0.2, -0.15) is 0 Å². The topological polar surface area (TPSA) is 66.8 Å². The average Bonchev–Trinajstić information content (AvgIpc) is 3.01. The minimum Gasteiger partial charge on any atom is -0.464 e. The van der Waals surface area contributed by atoms with Crippen LogP contribution in [0.5, 0.6) is 0 Å². The number of hydrogen-bond donors (Lipinski definition) is 2. The molecule has 0 aliphatic carbocycles. The van der Waals surface area contributed by atoms with Crippen LogP contribution in [0.3, 0.4) is 0 Å². The van der Waals surface area contributed by atoms with Crippen LogP contribution in [0.1, 0.15) is 226 Å². The molecule has 0 bridgehead atoms. The summed E-state index contributed by atoms with van der Waals surface area (Å²) in [5.74, 6) is -0.662. The van der Waals surface area contributed by atoms with Gasteiger partial charge in [-0.1, -0.05) is 213 Å². The van der Waals surface area contributed by atoms with Crippen LogP contribution in [0.15, 0.2) is 0 Å². The highest BCUT2D eigenvalue weighted by Gasteiger charge is 2.25. The maximum atomic E-state index is 12.1. The number of carbonyl (C=O) groups excluding carboxylic acids is 1. The molecule has 4 heteroatoms. The fourth-order valence-corrected chi connectivity index (χ4v) is 6.12. The highest BCUT2D eigenvalue weighted by molar-refractivity contribution is 5.75. The molecule has 0 aromatic rings. The number of ether oxygens (including phenoxy) is 1. The van der Waals surface area contributed by atoms with Gasteiger partial charge < -0.3 is 14.9 Å². The Bertz CT molecular complexity index is 537. The van der Waals surface area contributed by atoms with E-state index in [4.69, 9.17) is 4.74 Å². The van der Waals surface area contributed by atoms with Gasteiger partial charge in [-0.15, -0.1) is 0 Å². The van der Waals surface area contributed by atoms with Crippen LogP contribution in [0.4, 0.5) is 0 Å². The molecular weight excluding hydrogens is 532 g/mol. The molecule has 2 N–H and O–H groups in total. The summed E-state index contributed by atoms with van der Waals surface area (Å²) in [6.07, 6.45) is 40.0. The quantitative estimate of drug-likeness (QED) is 0.0547. The summed E-state index contributed by atoms with van der Waals surface area (Å²) >= 11 is 0. The molecule has 0 heterocycles. The van der Waals surface area contributed by atoms with Gasteiger partial charge >= 0.3 is 5.97 Å². The molecule has 0 rings (SSSR count). The molecule has 0 fully saturated rings. The number of aliphatic hydroxyl groups is 2. The van der Waals surface area contributed by atoms with E-state index in [1.54, 1.807) is 0 Å². The van der Waals surface area contributed by atoms with Gasteiger partial charge in [-0.05, 0) is 12.8 Å². The Labute approximate surface area is 269 Å². The van der Waals surface area contributed by atoms with Crippen LogP contribution in [-0.4, -0.2) is 35.0 Å². The zero-order chi connectivity index (χ0) is 31.5. The second kappa shape index (κ2) is 35.9. The molecule has 43 heavy (non-hydrogen) atoms. The molecule has 0 aliphatic heterocycles. The number of carbonyl (C=O) groups is 1. The van der Waals surface area contributed by atoms with Gasteiger partial charge in [0.25, 0.3) is 0 Å². The summed E-state index contributed by atoms with van der Waals surface area (Å²) in [5.41, 5.74) is 0. The highest BCUT2D eigenvalue weighted by atomic mass is 16.5. The predicted octanol–water partition coefficient (Wildman–Crippen LogP) is 12.2. The maximum Gasteiger partial charge on any atom is 0.337 e. The summed E-state index contributed by atoms with van der Waals surface area (Å²) in [6.45, 7) is 4.90. The highest BCUT2D eigenvalue weighted by Crippen LogP contribution is 2.16. The van der Waals surface area contributed by atoms with Crippen LogP contribution >= 0.6 is 0 Å². The molecule has 0 radical (unpaired) electrons. The Balaban J connectivity index is 3.38. The Hall–Kier alpha value is -0.610. The van der Waals surface area contributed by atoms with Gasteiger partial charge in [0, 0.05) is 0 Å². The van der Waals surface area contributed by atoms with Gasteiger partial charge in [-0.25, -0.2) is 4.79 Å². The van der Waals surface area contributed by atoms with Crippen molar-refractivity contribution in [2.24, 2.45) is 0 Å². The fourth-order valence-electron chi connectivity index (χ4n) is 6.12. The summed E-state index contributed by atoms with van der Waals surface area (Å²) in [6, 6.07) is 0. The SMILES string of the molecule is CCCCCCCCCCCCCCCCCCOC(=O)C(O)C(O)CCCCCCCCCCCCCCCCCC. The lowest BCUT2D eigenvalue weighted by Gasteiger charge is -2.16. The first-order valence-corrected chi connectivity index (χ1v) is 19.7. The summed E-state index contributed by atoms with van der Waals surface area (Å²) in [5, 5.41) is 20.3. The summed E-state index contributed by atoms with van der Waals surface area (Å²) in [7, 11) is 0. The lowest BCUT2D eigenvalue weighted by atomic mass is 10.0. The van der Waals surface area contributed by atoms with E-state index in [0.29, 0.717) is 13.0 Å². The van der Waals surface area contributed by atoms with Crippen molar-refractivity contribution < 1.29 is 19.7 Å². The molecule has 258 valence electrons. The molecule has 4 nitrogen and oxygen atoms in total. The van der Waals surface area contributed by atoms with Crippen molar-refractivity contribution in [3.8, 4) is 0 Å². The smallest absolute Gasteiger partial charge is 0.337 e. The van der Waals surface area contributed by atoms with Gasteiger partial charge in [-0.3, -0.25) is 0 Å². The van der Waals surface area contributed by atoms with E-state index < -0.39 is 18.2 Å². The van der Waals surface area contributed by atoms with E-state index in [-0.39, 0.29) is 0 Å². The summed E-state index contributed by atoms with van der Waals surface area (Å²) < 4.78 is 5.23. The maximum absolute atomic E-state index is 12.1. The van der Waals surface area contributed by atoms with E-state index in [1.807, 2.05) is 0 Å². The lowest BCUT2D eigenvalue weighted by Crippen LogP contribution is -2.35. The Morgan fingerprint density at radius 3 is 0.977 bits per heavy atom. The van der Waals surface area contributed by atoms with Crippen molar-refractivity contribution in [3.05, 3.63) is 0 Å². The fraction of sp³-hybridized carbons (Fsp3) is 0.974. The van der Waals surface area contributed by atoms with Crippen molar-refractivity contribution in [2.75, 3.05) is 6.61 Å². The zero-order valence-corrected chi connectivity index (χ0v) is 29.4. The first kappa shape index (κ1) is 42.4. The van der Waals surface area contributed by atoms with Crippen LogP contribution < -0.4 is 0 Å².